The molecule has 1 aromatic rings. The van der Waals surface area contributed by atoms with Crippen LogP contribution >= 0.6 is 0 Å². The summed E-state index contributed by atoms with van der Waals surface area (Å²) in [4.78, 5) is 30.2. The SMILES string of the molecule is O=C(O)CCC(=O)Nc1cnc(NCC2CCCCC2)nc1. The second-order valence-electron chi connectivity index (χ2n) is 5.62. The minimum absolute atomic E-state index is 0.0585. The highest BCUT2D eigenvalue weighted by Crippen LogP contribution is 2.23. The molecule has 1 saturated carbocycles. The number of nitrogens with zero attached hydrogens (tertiary/aromatic N) is 2. The minimum Gasteiger partial charge on any atom is -0.481 e. The molecule has 3 N–H and O–H groups in total. The number of hydrogen-bond donors (Lipinski definition) is 3. The lowest BCUT2D eigenvalue weighted by atomic mass is 9.89. The summed E-state index contributed by atoms with van der Waals surface area (Å²) in [7, 11) is 0. The Kier molecular flexibility index (Phi) is 6.12. The van der Waals surface area contributed by atoms with Gasteiger partial charge >= 0.3 is 5.97 Å². The van der Waals surface area contributed by atoms with Crippen LogP contribution in [0.1, 0.15) is 44.9 Å². The summed E-state index contributed by atoms with van der Waals surface area (Å²) in [5.41, 5.74) is 0.471. The van der Waals surface area contributed by atoms with Gasteiger partial charge in [0.1, 0.15) is 0 Å². The van der Waals surface area contributed by atoms with Crippen molar-refractivity contribution in [3.63, 3.8) is 0 Å². The van der Waals surface area contributed by atoms with Gasteiger partial charge in [0, 0.05) is 13.0 Å². The molecule has 1 aliphatic carbocycles. The van der Waals surface area contributed by atoms with Gasteiger partial charge in [-0.25, -0.2) is 9.97 Å². The number of aromatic nitrogens is 2. The Morgan fingerprint density at radius 3 is 2.45 bits per heavy atom. The number of nitrogens with one attached hydrogen (secondary N) is 2. The van der Waals surface area contributed by atoms with Gasteiger partial charge in [0.05, 0.1) is 24.5 Å². The highest BCUT2D eigenvalue weighted by Gasteiger charge is 2.13. The molecule has 0 bridgehead atoms. The van der Waals surface area contributed by atoms with E-state index < -0.39 is 5.97 Å². The first-order valence-corrected chi connectivity index (χ1v) is 7.71. The molecular weight excluding hydrogens is 284 g/mol. The van der Waals surface area contributed by atoms with Crippen LogP contribution in [0.3, 0.4) is 0 Å². The second-order valence-corrected chi connectivity index (χ2v) is 5.62. The van der Waals surface area contributed by atoms with Gasteiger partial charge in [-0.3, -0.25) is 9.59 Å². The Balaban J connectivity index is 1.74. The summed E-state index contributed by atoms with van der Waals surface area (Å²) >= 11 is 0. The standard InChI is InChI=1S/C15H22N4O3/c20-13(6-7-14(21)22)19-12-9-17-15(18-10-12)16-8-11-4-2-1-3-5-11/h9-11H,1-8H2,(H,19,20)(H,21,22)(H,16,17,18). The summed E-state index contributed by atoms with van der Waals surface area (Å²) in [6.45, 7) is 0.879. The number of aliphatic carboxylic acids is 1. The predicted molar refractivity (Wildman–Crippen MR) is 82.6 cm³/mol. The van der Waals surface area contributed by atoms with Crippen molar-refractivity contribution in [2.24, 2.45) is 5.92 Å². The second kappa shape index (κ2) is 8.31. The van der Waals surface area contributed by atoms with Crippen LogP contribution in [-0.4, -0.2) is 33.5 Å². The fourth-order valence-electron chi connectivity index (χ4n) is 2.55. The maximum atomic E-state index is 11.5. The number of anilines is 2. The highest BCUT2D eigenvalue weighted by molar-refractivity contribution is 5.92. The van der Waals surface area contributed by atoms with Crippen LogP contribution in [0, 0.1) is 5.92 Å². The van der Waals surface area contributed by atoms with Crippen molar-refractivity contribution in [1.29, 1.82) is 0 Å². The highest BCUT2D eigenvalue weighted by atomic mass is 16.4. The summed E-state index contributed by atoms with van der Waals surface area (Å²) in [5, 5.41) is 14.3. The van der Waals surface area contributed by atoms with E-state index in [9.17, 15) is 9.59 Å². The molecule has 120 valence electrons. The molecule has 0 radical (unpaired) electrons. The van der Waals surface area contributed by atoms with Crippen LogP contribution in [0.25, 0.3) is 0 Å². The molecule has 7 nitrogen and oxygen atoms in total. The number of rotatable bonds is 7. The number of carbonyl (C=O) groups excluding carboxylic acids is 1. The third-order valence-electron chi connectivity index (χ3n) is 3.78. The van der Waals surface area contributed by atoms with Gasteiger partial charge in [-0.1, -0.05) is 19.3 Å². The summed E-state index contributed by atoms with van der Waals surface area (Å²) in [6, 6.07) is 0. The van der Waals surface area contributed by atoms with Gasteiger partial charge in [0.25, 0.3) is 0 Å². The first kappa shape index (κ1) is 16.2. The molecule has 1 aliphatic rings. The average Bonchev–Trinajstić information content (AvgIpc) is 2.53. The lowest BCUT2D eigenvalue weighted by Gasteiger charge is -2.21. The molecule has 1 amide bonds. The third kappa shape index (κ3) is 5.67. The van der Waals surface area contributed by atoms with E-state index in [1.54, 1.807) is 0 Å². The number of carboxylic acids is 1. The lowest BCUT2D eigenvalue weighted by Crippen LogP contribution is -2.18. The Bertz CT molecular complexity index is 498. The van der Waals surface area contributed by atoms with Crippen molar-refractivity contribution in [3.05, 3.63) is 12.4 Å². The lowest BCUT2D eigenvalue weighted by molar-refractivity contribution is -0.138. The molecule has 22 heavy (non-hydrogen) atoms. The van der Waals surface area contributed by atoms with E-state index in [2.05, 4.69) is 20.6 Å². The monoisotopic (exact) mass is 306 g/mol. The Morgan fingerprint density at radius 2 is 1.82 bits per heavy atom. The molecule has 7 heteroatoms. The van der Waals surface area contributed by atoms with Crippen LogP contribution < -0.4 is 10.6 Å². The summed E-state index contributed by atoms with van der Waals surface area (Å²) in [6.07, 6.45) is 9.25. The molecule has 2 rings (SSSR count). The summed E-state index contributed by atoms with van der Waals surface area (Å²) < 4.78 is 0. The molecule has 1 aromatic heterocycles. The molecule has 0 aromatic carbocycles. The van der Waals surface area contributed by atoms with Crippen molar-refractivity contribution < 1.29 is 14.7 Å². The van der Waals surface area contributed by atoms with Gasteiger partial charge in [-0.05, 0) is 18.8 Å². The van der Waals surface area contributed by atoms with E-state index in [0.717, 1.165) is 6.54 Å². The van der Waals surface area contributed by atoms with Crippen LogP contribution in [-0.2, 0) is 9.59 Å². The maximum Gasteiger partial charge on any atom is 0.303 e. The fourth-order valence-corrected chi connectivity index (χ4v) is 2.55. The van der Waals surface area contributed by atoms with E-state index in [4.69, 9.17) is 5.11 Å². The topological polar surface area (TPSA) is 104 Å². The number of hydrogen-bond acceptors (Lipinski definition) is 5. The Hall–Kier alpha value is -2.18. The van der Waals surface area contributed by atoms with Crippen LogP contribution in [0.5, 0.6) is 0 Å². The van der Waals surface area contributed by atoms with E-state index in [1.807, 2.05) is 0 Å². The zero-order chi connectivity index (χ0) is 15.8. The van der Waals surface area contributed by atoms with E-state index in [-0.39, 0.29) is 18.7 Å². The molecule has 0 spiro atoms. The Labute approximate surface area is 129 Å². The van der Waals surface area contributed by atoms with Crippen LogP contribution in [0.4, 0.5) is 11.6 Å². The Morgan fingerprint density at radius 1 is 1.14 bits per heavy atom. The van der Waals surface area contributed by atoms with Crippen LogP contribution in [0.2, 0.25) is 0 Å². The van der Waals surface area contributed by atoms with Crippen molar-refractivity contribution in [2.45, 2.75) is 44.9 Å². The fraction of sp³-hybridized carbons (Fsp3) is 0.600. The quantitative estimate of drug-likeness (QED) is 0.714. The first-order chi connectivity index (χ1) is 10.6. The maximum absolute atomic E-state index is 11.5. The normalized spacial score (nSPS) is 15.3. The predicted octanol–water partition coefficient (Wildman–Crippen LogP) is 2.27. The summed E-state index contributed by atoms with van der Waals surface area (Å²) in [5.74, 6) is -0.107. The minimum atomic E-state index is -0.992. The molecule has 1 heterocycles. The van der Waals surface area contributed by atoms with E-state index >= 15 is 0 Å². The van der Waals surface area contributed by atoms with Crippen LogP contribution in [0.15, 0.2) is 12.4 Å². The van der Waals surface area contributed by atoms with E-state index in [1.165, 1.54) is 44.5 Å². The number of carbonyl (C=O) groups is 2. The van der Waals surface area contributed by atoms with Crippen molar-refractivity contribution in [3.8, 4) is 0 Å². The largest absolute Gasteiger partial charge is 0.481 e. The number of amides is 1. The molecule has 0 saturated heterocycles. The molecule has 0 atom stereocenters. The van der Waals surface area contributed by atoms with Gasteiger partial charge in [-0.15, -0.1) is 0 Å². The van der Waals surface area contributed by atoms with Crippen molar-refractivity contribution >= 4 is 23.5 Å². The number of carboxylic acid groups (broad SMARTS) is 1. The van der Waals surface area contributed by atoms with Crippen molar-refractivity contribution in [1.82, 2.24) is 9.97 Å². The molecule has 0 aliphatic heterocycles. The van der Waals surface area contributed by atoms with Gasteiger partial charge in [-0.2, -0.15) is 0 Å². The van der Waals surface area contributed by atoms with Gasteiger partial charge < -0.3 is 15.7 Å². The third-order valence-corrected chi connectivity index (χ3v) is 3.78. The molecule has 0 unspecified atom stereocenters. The van der Waals surface area contributed by atoms with Gasteiger partial charge in [0.2, 0.25) is 11.9 Å². The first-order valence-electron chi connectivity index (χ1n) is 7.71. The zero-order valence-corrected chi connectivity index (χ0v) is 12.5. The average molecular weight is 306 g/mol. The smallest absolute Gasteiger partial charge is 0.303 e. The molecule has 1 fully saturated rings. The van der Waals surface area contributed by atoms with E-state index in [0.29, 0.717) is 17.6 Å². The van der Waals surface area contributed by atoms with Gasteiger partial charge in [0.15, 0.2) is 0 Å². The molecular formula is C15H22N4O3. The zero-order valence-electron chi connectivity index (χ0n) is 12.5. The van der Waals surface area contributed by atoms with Crippen molar-refractivity contribution in [2.75, 3.05) is 17.2 Å².